The van der Waals surface area contributed by atoms with E-state index in [0.717, 1.165) is 0 Å². The number of amides is 1. The molecule has 1 amide bonds. The van der Waals surface area contributed by atoms with E-state index in [9.17, 15) is 9.59 Å². The summed E-state index contributed by atoms with van der Waals surface area (Å²) in [6, 6.07) is 14.2. The maximum Gasteiger partial charge on any atom is 0.350 e. The SMILES string of the molecule is COc1ccc(-n2nc3n(c2=O)CCN(C(=O)c2ccccc2OC)C3)cc1. The summed E-state index contributed by atoms with van der Waals surface area (Å²) in [6.07, 6.45) is 0. The van der Waals surface area contributed by atoms with Crippen molar-refractivity contribution in [2.45, 2.75) is 13.1 Å². The van der Waals surface area contributed by atoms with Gasteiger partial charge in [0, 0.05) is 13.1 Å². The topological polar surface area (TPSA) is 78.6 Å². The van der Waals surface area contributed by atoms with Crippen LogP contribution >= 0.6 is 0 Å². The summed E-state index contributed by atoms with van der Waals surface area (Å²) in [4.78, 5) is 27.3. The third-order valence-corrected chi connectivity index (χ3v) is 4.81. The van der Waals surface area contributed by atoms with Gasteiger partial charge >= 0.3 is 5.69 Å². The molecule has 0 fully saturated rings. The molecule has 0 radical (unpaired) electrons. The molecule has 0 saturated heterocycles. The second-order valence-electron chi connectivity index (χ2n) is 6.39. The minimum Gasteiger partial charge on any atom is -0.497 e. The molecule has 2 aromatic carbocycles. The maximum atomic E-state index is 12.9. The number of rotatable bonds is 4. The van der Waals surface area contributed by atoms with Crippen LogP contribution in [0.5, 0.6) is 11.5 Å². The number of carbonyl (C=O) groups is 1. The fourth-order valence-corrected chi connectivity index (χ4v) is 3.31. The molecule has 8 heteroatoms. The van der Waals surface area contributed by atoms with Crippen molar-refractivity contribution in [1.82, 2.24) is 19.2 Å². The number of hydrogen-bond acceptors (Lipinski definition) is 5. The van der Waals surface area contributed by atoms with Crippen LogP contribution in [0.2, 0.25) is 0 Å². The van der Waals surface area contributed by atoms with Crippen molar-refractivity contribution >= 4 is 5.91 Å². The van der Waals surface area contributed by atoms with Gasteiger partial charge in [-0.25, -0.2) is 4.79 Å². The lowest BCUT2D eigenvalue weighted by molar-refractivity contribution is 0.0703. The molecule has 1 aliphatic rings. The molecule has 8 nitrogen and oxygen atoms in total. The van der Waals surface area contributed by atoms with Crippen LogP contribution in [0, 0.1) is 0 Å². The molecule has 0 unspecified atom stereocenters. The van der Waals surface area contributed by atoms with Crippen molar-refractivity contribution in [3.63, 3.8) is 0 Å². The van der Waals surface area contributed by atoms with Crippen LogP contribution in [0.4, 0.5) is 0 Å². The maximum absolute atomic E-state index is 12.9. The average Bonchev–Trinajstić information content (AvgIpc) is 3.09. The lowest BCUT2D eigenvalue weighted by Gasteiger charge is -2.27. The van der Waals surface area contributed by atoms with Gasteiger partial charge in [-0.3, -0.25) is 9.36 Å². The Morgan fingerprint density at radius 2 is 1.75 bits per heavy atom. The van der Waals surface area contributed by atoms with Gasteiger partial charge in [0.2, 0.25) is 0 Å². The number of nitrogens with zero attached hydrogens (tertiary/aromatic N) is 4. The van der Waals surface area contributed by atoms with Gasteiger partial charge in [0.1, 0.15) is 11.5 Å². The van der Waals surface area contributed by atoms with Crippen molar-refractivity contribution in [2.75, 3.05) is 20.8 Å². The molecule has 1 aliphatic heterocycles. The van der Waals surface area contributed by atoms with Crippen molar-refractivity contribution in [3.05, 3.63) is 70.4 Å². The van der Waals surface area contributed by atoms with Gasteiger partial charge in [-0.1, -0.05) is 12.1 Å². The highest BCUT2D eigenvalue weighted by Gasteiger charge is 2.27. The second kappa shape index (κ2) is 7.22. The van der Waals surface area contributed by atoms with Crippen LogP contribution in [0.15, 0.2) is 53.3 Å². The molecule has 0 atom stereocenters. The molecule has 0 spiro atoms. The Balaban J connectivity index is 1.62. The van der Waals surface area contributed by atoms with Gasteiger partial charge < -0.3 is 14.4 Å². The van der Waals surface area contributed by atoms with E-state index in [4.69, 9.17) is 9.47 Å². The number of ether oxygens (including phenoxy) is 2. The van der Waals surface area contributed by atoms with Gasteiger partial charge in [0.25, 0.3) is 5.91 Å². The fourth-order valence-electron chi connectivity index (χ4n) is 3.31. The molecule has 1 aromatic heterocycles. The Kier molecular flexibility index (Phi) is 4.60. The smallest absolute Gasteiger partial charge is 0.350 e. The third kappa shape index (κ3) is 3.02. The normalized spacial score (nSPS) is 13.1. The second-order valence-corrected chi connectivity index (χ2v) is 6.39. The summed E-state index contributed by atoms with van der Waals surface area (Å²) in [5, 5.41) is 4.45. The molecule has 144 valence electrons. The lowest BCUT2D eigenvalue weighted by Crippen LogP contribution is -2.41. The summed E-state index contributed by atoms with van der Waals surface area (Å²) in [5.74, 6) is 1.64. The molecule has 4 rings (SSSR count). The number of carbonyl (C=O) groups excluding carboxylic acids is 1. The van der Waals surface area contributed by atoms with Gasteiger partial charge in [-0.2, -0.15) is 4.68 Å². The predicted molar refractivity (Wildman–Crippen MR) is 102 cm³/mol. The van der Waals surface area contributed by atoms with Gasteiger partial charge in [-0.15, -0.1) is 5.10 Å². The van der Waals surface area contributed by atoms with E-state index in [1.165, 1.54) is 11.8 Å². The first-order chi connectivity index (χ1) is 13.6. The minimum atomic E-state index is -0.218. The van der Waals surface area contributed by atoms with E-state index in [-0.39, 0.29) is 18.1 Å². The van der Waals surface area contributed by atoms with E-state index in [1.54, 1.807) is 59.0 Å². The molecule has 0 aliphatic carbocycles. The fraction of sp³-hybridized carbons (Fsp3) is 0.250. The lowest BCUT2D eigenvalue weighted by atomic mass is 10.1. The Labute approximate surface area is 161 Å². The van der Waals surface area contributed by atoms with E-state index in [2.05, 4.69) is 5.10 Å². The third-order valence-electron chi connectivity index (χ3n) is 4.81. The quantitative estimate of drug-likeness (QED) is 0.689. The van der Waals surface area contributed by atoms with Gasteiger partial charge in [-0.05, 0) is 36.4 Å². The minimum absolute atomic E-state index is 0.143. The predicted octanol–water partition coefficient (Wildman–Crippen LogP) is 1.71. The molecule has 0 bridgehead atoms. The first-order valence-corrected chi connectivity index (χ1v) is 8.88. The molecule has 0 N–H and O–H groups in total. The molecule has 2 heterocycles. The molecular weight excluding hydrogens is 360 g/mol. The van der Waals surface area contributed by atoms with Crippen LogP contribution in [0.3, 0.4) is 0 Å². The van der Waals surface area contributed by atoms with Crippen LogP contribution in [0.1, 0.15) is 16.2 Å². The molecular formula is C20H20N4O4. The molecule has 28 heavy (non-hydrogen) atoms. The summed E-state index contributed by atoms with van der Waals surface area (Å²) in [6.45, 7) is 1.08. The van der Waals surface area contributed by atoms with Crippen LogP contribution in [-0.4, -0.2) is 45.9 Å². The molecule has 0 saturated carbocycles. The van der Waals surface area contributed by atoms with E-state index < -0.39 is 0 Å². The first-order valence-electron chi connectivity index (χ1n) is 8.88. The highest BCUT2D eigenvalue weighted by Crippen LogP contribution is 2.21. The molecule has 3 aromatic rings. The number of para-hydroxylation sites is 1. The number of benzene rings is 2. The van der Waals surface area contributed by atoms with E-state index in [1.807, 2.05) is 6.07 Å². The zero-order valence-electron chi connectivity index (χ0n) is 15.7. The Morgan fingerprint density at radius 3 is 2.46 bits per heavy atom. The highest BCUT2D eigenvalue weighted by molar-refractivity contribution is 5.96. The van der Waals surface area contributed by atoms with Crippen molar-refractivity contribution in [1.29, 1.82) is 0 Å². The average molecular weight is 380 g/mol. The van der Waals surface area contributed by atoms with E-state index >= 15 is 0 Å². The first kappa shape index (κ1) is 17.8. The Morgan fingerprint density at radius 1 is 1.00 bits per heavy atom. The Bertz CT molecular complexity index is 1070. The monoisotopic (exact) mass is 380 g/mol. The van der Waals surface area contributed by atoms with Gasteiger partial charge in [0.05, 0.1) is 32.0 Å². The standard InChI is InChI=1S/C20H20N4O4/c1-27-15-9-7-14(8-10-15)24-20(26)23-12-11-22(13-18(23)21-24)19(25)16-5-3-4-6-17(16)28-2/h3-10H,11-13H2,1-2H3. The van der Waals surface area contributed by atoms with Crippen LogP contribution in [0.25, 0.3) is 5.69 Å². The zero-order chi connectivity index (χ0) is 19.7. The van der Waals surface area contributed by atoms with Crippen LogP contribution < -0.4 is 15.2 Å². The van der Waals surface area contributed by atoms with Gasteiger partial charge in [0.15, 0.2) is 5.82 Å². The summed E-state index contributed by atoms with van der Waals surface area (Å²) >= 11 is 0. The Hall–Kier alpha value is -3.55. The zero-order valence-corrected chi connectivity index (χ0v) is 15.7. The highest BCUT2D eigenvalue weighted by atomic mass is 16.5. The van der Waals surface area contributed by atoms with Crippen molar-refractivity contribution in [2.24, 2.45) is 0 Å². The summed E-state index contributed by atoms with van der Waals surface area (Å²) in [7, 11) is 3.13. The number of hydrogen-bond donors (Lipinski definition) is 0. The van der Waals surface area contributed by atoms with Crippen molar-refractivity contribution in [3.8, 4) is 17.2 Å². The number of fused-ring (bicyclic) bond motifs is 1. The largest absolute Gasteiger partial charge is 0.497 e. The number of methoxy groups -OCH3 is 2. The van der Waals surface area contributed by atoms with E-state index in [0.29, 0.717) is 41.7 Å². The van der Waals surface area contributed by atoms with Crippen LogP contribution in [-0.2, 0) is 13.1 Å². The van der Waals surface area contributed by atoms with Crippen molar-refractivity contribution < 1.29 is 14.3 Å². The number of aromatic nitrogens is 3. The summed E-state index contributed by atoms with van der Waals surface area (Å²) < 4.78 is 13.4. The summed E-state index contributed by atoms with van der Waals surface area (Å²) in [5.41, 5.74) is 0.926.